The number of carbonyl (C=O) groups is 1. The fourth-order valence-electron chi connectivity index (χ4n) is 4.04. The summed E-state index contributed by atoms with van der Waals surface area (Å²) in [5.74, 6) is 0.252. The molecule has 6 nitrogen and oxygen atoms in total. The van der Waals surface area contributed by atoms with Crippen molar-refractivity contribution >= 4 is 37.5 Å². The minimum atomic E-state index is -3.97. The molecule has 1 N–H and O–H groups in total. The fraction of sp³-hybridized carbons (Fsp3) is 0.321. The van der Waals surface area contributed by atoms with Gasteiger partial charge in [-0.25, -0.2) is 8.42 Å². The Balaban J connectivity index is 1.95. The van der Waals surface area contributed by atoms with Crippen molar-refractivity contribution in [2.24, 2.45) is 0 Å². The molecule has 0 saturated carbocycles. The van der Waals surface area contributed by atoms with Gasteiger partial charge in [0.1, 0.15) is 5.75 Å². The van der Waals surface area contributed by atoms with Crippen LogP contribution in [0.25, 0.3) is 0 Å². The maximum Gasteiger partial charge on any atom is 0.243 e. The number of rotatable bonds is 11. The fourth-order valence-corrected chi connectivity index (χ4v) is 6.07. The quantitative estimate of drug-likeness (QED) is 0.300. The van der Waals surface area contributed by atoms with E-state index in [2.05, 4.69) is 21.2 Å². The smallest absolute Gasteiger partial charge is 0.243 e. The van der Waals surface area contributed by atoms with Gasteiger partial charge in [0.05, 0.1) is 18.0 Å². The largest absolute Gasteiger partial charge is 0.494 e. The first-order valence-electron chi connectivity index (χ1n) is 12.1. The molecule has 1 amide bonds. The molecule has 192 valence electrons. The van der Waals surface area contributed by atoms with E-state index < -0.39 is 10.0 Å². The van der Waals surface area contributed by atoms with Crippen molar-refractivity contribution in [1.29, 1.82) is 0 Å². The Hall–Kier alpha value is -2.68. The molecule has 0 fully saturated rings. The molecule has 0 unspecified atom stereocenters. The number of sulfonamides is 1. The highest BCUT2D eigenvalue weighted by Gasteiger charge is 2.28. The molecular weight excluding hydrogens is 540 g/mol. The number of aryl methyl sites for hydroxylation is 3. The summed E-state index contributed by atoms with van der Waals surface area (Å²) in [6, 6.07) is 18.0. The molecule has 0 spiro atoms. The predicted molar refractivity (Wildman–Crippen MR) is 148 cm³/mol. The van der Waals surface area contributed by atoms with Crippen LogP contribution in [0.5, 0.6) is 5.75 Å². The Bertz CT molecular complexity index is 1290. The molecule has 3 rings (SSSR count). The van der Waals surface area contributed by atoms with E-state index >= 15 is 0 Å². The van der Waals surface area contributed by atoms with Gasteiger partial charge in [0.25, 0.3) is 0 Å². The van der Waals surface area contributed by atoms with Gasteiger partial charge in [-0.3, -0.25) is 4.79 Å². The van der Waals surface area contributed by atoms with E-state index in [9.17, 15) is 13.2 Å². The van der Waals surface area contributed by atoms with Crippen LogP contribution in [0.4, 0.5) is 5.69 Å². The second kappa shape index (κ2) is 12.5. The number of hydrogen-bond donors (Lipinski definition) is 1. The molecule has 0 radical (unpaired) electrons. The third-order valence-corrected chi connectivity index (χ3v) is 8.14. The van der Waals surface area contributed by atoms with E-state index in [1.807, 2.05) is 70.2 Å². The SMILES string of the molecule is CCOc1ccc(S(=O)(=O)N(CC(=O)Nc2c(CC)cc(Br)cc2CC)Cc2ccccc2)cc1C. The Kier molecular flexibility index (Phi) is 9.70. The topological polar surface area (TPSA) is 75.7 Å². The zero-order chi connectivity index (χ0) is 26.3. The van der Waals surface area contributed by atoms with Gasteiger partial charge >= 0.3 is 0 Å². The van der Waals surface area contributed by atoms with Crippen LogP contribution in [0.2, 0.25) is 0 Å². The van der Waals surface area contributed by atoms with Gasteiger partial charge in [-0.1, -0.05) is 60.1 Å². The number of hydrogen-bond acceptors (Lipinski definition) is 4. The van der Waals surface area contributed by atoms with Crippen LogP contribution in [0.1, 0.15) is 43.0 Å². The highest BCUT2D eigenvalue weighted by atomic mass is 79.9. The molecule has 0 bridgehead atoms. The highest BCUT2D eigenvalue weighted by molar-refractivity contribution is 9.10. The first-order chi connectivity index (χ1) is 17.2. The van der Waals surface area contributed by atoms with Crippen LogP contribution >= 0.6 is 15.9 Å². The number of benzene rings is 3. The predicted octanol–water partition coefficient (Wildman–Crippen LogP) is 6.11. The van der Waals surface area contributed by atoms with Crippen molar-refractivity contribution in [3.05, 3.63) is 87.4 Å². The summed E-state index contributed by atoms with van der Waals surface area (Å²) in [7, 11) is -3.97. The first kappa shape index (κ1) is 27.9. The molecule has 0 aliphatic carbocycles. The molecule has 3 aromatic rings. The number of ether oxygens (including phenoxy) is 1. The lowest BCUT2D eigenvalue weighted by molar-refractivity contribution is -0.116. The Labute approximate surface area is 222 Å². The van der Waals surface area contributed by atoms with Gasteiger partial charge in [0.2, 0.25) is 15.9 Å². The maximum absolute atomic E-state index is 13.7. The zero-order valence-corrected chi connectivity index (χ0v) is 23.6. The van der Waals surface area contributed by atoms with Crippen molar-refractivity contribution in [3.63, 3.8) is 0 Å². The van der Waals surface area contributed by atoms with Crippen molar-refractivity contribution in [1.82, 2.24) is 4.31 Å². The summed E-state index contributed by atoms with van der Waals surface area (Å²) >= 11 is 3.54. The van der Waals surface area contributed by atoms with Gasteiger partial charge in [-0.15, -0.1) is 0 Å². The Morgan fingerprint density at radius 2 is 1.61 bits per heavy atom. The summed E-state index contributed by atoms with van der Waals surface area (Å²) in [5, 5.41) is 3.00. The Morgan fingerprint density at radius 1 is 0.972 bits per heavy atom. The number of carbonyl (C=O) groups excluding carboxylic acids is 1. The lowest BCUT2D eigenvalue weighted by Crippen LogP contribution is -2.37. The molecule has 0 heterocycles. The molecule has 0 atom stereocenters. The van der Waals surface area contributed by atoms with Crippen LogP contribution in [0.15, 0.2) is 70.0 Å². The summed E-state index contributed by atoms with van der Waals surface area (Å²) in [4.78, 5) is 13.4. The summed E-state index contributed by atoms with van der Waals surface area (Å²) in [5.41, 5.74) is 4.26. The second-order valence-electron chi connectivity index (χ2n) is 8.47. The minimum absolute atomic E-state index is 0.0739. The van der Waals surface area contributed by atoms with Crippen molar-refractivity contribution in [2.75, 3.05) is 18.5 Å². The van der Waals surface area contributed by atoms with Crippen LogP contribution in [0.3, 0.4) is 0 Å². The average molecular weight is 574 g/mol. The van der Waals surface area contributed by atoms with E-state index in [1.54, 1.807) is 12.1 Å². The number of nitrogens with zero attached hydrogens (tertiary/aromatic N) is 1. The lowest BCUT2D eigenvalue weighted by atomic mass is 10.0. The highest BCUT2D eigenvalue weighted by Crippen LogP contribution is 2.29. The third-order valence-electron chi connectivity index (χ3n) is 5.90. The standard InChI is InChI=1S/C28H33BrN2O4S/c1-5-22-16-24(29)17-23(6-2)28(22)30-27(32)19-31(18-21-11-9-8-10-12-21)36(33,34)25-13-14-26(35-7-3)20(4)15-25/h8-17H,5-7,18-19H2,1-4H3,(H,30,32). The van der Waals surface area contributed by atoms with Gasteiger partial charge < -0.3 is 10.1 Å². The van der Waals surface area contributed by atoms with Gasteiger partial charge in [0, 0.05) is 16.7 Å². The van der Waals surface area contributed by atoms with Crippen LogP contribution < -0.4 is 10.1 Å². The molecule has 0 saturated heterocycles. The van der Waals surface area contributed by atoms with Crippen molar-refractivity contribution in [2.45, 2.75) is 52.0 Å². The summed E-state index contributed by atoms with van der Waals surface area (Å²) in [6.07, 6.45) is 1.47. The van der Waals surface area contributed by atoms with Crippen LogP contribution in [-0.2, 0) is 34.2 Å². The van der Waals surface area contributed by atoms with E-state index in [4.69, 9.17) is 4.74 Å². The number of anilines is 1. The van der Waals surface area contributed by atoms with Crippen LogP contribution in [0, 0.1) is 6.92 Å². The third kappa shape index (κ3) is 6.75. The molecule has 8 heteroatoms. The zero-order valence-electron chi connectivity index (χ0n) is 21.2. The molecular formula is C28H33BrN2O4S. The van der Waals surface area contributed by atoms with Crippen molar-refractivity contribution < 1.29 is 17.9 Å². The van der Waals surface area contributed by atoms with E-state index in [1.165, 1.54) is 10.4 Å². The molecule has 0 aliphatic rings. The Morgan fingerprint density at radius 3 is 2.17 bits per heavy atom. The monoisotopic (exact) mass is 572 g/mol. The molecule has 0 aromatic heterocycles. The van der Waals surface area contributed by atoms with Gasteiger partial charge in [0.15, 0.2) is 0 Å². The van der Waals surface area contributed by atoms with Gasteiger partial charge in [-0.2, -0.15) is 4.31 Å². The number of halogens is 1. The summed E-state index contributed by atoms with van der Waals surface area (Å²) < 4.78 is 35.2. The molecule has 36 heavy (non-hydrogen) atoms. The van der Waals surface area contributed by atoms with E-state index in [0.717, 1.165) is 45.3 Å². The van der Waals surface area contributed by atoms with Crippen molar-refractivity contribution in [3.8, 4) is 5.75 Å². The van der Waals surface area contributed by atoms with Gasteiger partial charge in [-0.05, 0) is 79.3 Å². The first-order valence-corrected chi connectivity index (χ1v) is 14.3. The average Bonchev–Trinajstić information content (AvgIpc) is 2.86. The number of amides is 1. The number of nitrogens with one attached hydrogen (secondary N) is 1. The lowest BCUT2D eigenvalue weighted by Gasteiger charge is -2.23. The van der Waals surface area contributed by atoms with E-state index in [-0.39, 0.29) is 23.9 Å². The maximum atomic E-state index is 13.7. The molecule has 0 aliphatic heterocycles. The summed E-state index contributed by atoms with van der Waals surface area (Å²) in [6.45, 7) is 7.99. The second-order valence-corrected chi connectivity index (χ2v) is 11.3. The molecule has 3 aromatic carbocycles. The minimum Gasteiger partial charge on any atom is -0.494 e. The van der Waals surface area contributed by atoms with Crippen LogP contribution in [-0.4, -0.2) is 31.8 Å². The van der Waals surface area contributed by atoms with E-state index in [0.29, 0.717) is 12.4 Å². The normalized spacial score (nSPS) is 11.5.